The first kappa shape index (κ1) is 25.3. The maximum atomic E-state index is 13.2. The summed E-state index contributed by atoms with van der Waals surface area (Å²) < 4.78 is 0. The number of aromatic amines is 1. The second-order valence-corrected chi connectivity index (χ2v) is 9.93. The van der Waals surface area contributed by atoms with Gasteiger partial charge in [0.25, 0.3) is 0 Å². The number of carboxylic acid groups (broad SMARTS) is 1. The van der Waals surface area contributed by atoms with E-state index in [1.54, 1.807) is 6.20 Å². The zero-order valence-electron chi connectivity index (χ0n) is 19.9. The molecule has 0 aliphatic heterocycles. The summed E-state index contributed by atoms with van der Waals surface area (Å²) >= 11 is 1.08. The minimum atomic E-state index is -1.10. The zero-order chi connectivity index (χ0) is 25.5. The normalized spacial score (nSPS) is 12.7. The second kappa shape index (κ2) is 11.7. The Labute approximate surface area is 214 Å². The van der Waals surface area contributed by atoms with E-state index < -0.39 is 17.9 Å². The summed E-state index contributed by atoms with van der Waals surface area (Å²) in [6.07, 6.45) is 2.34. The lowest BCUT2D eigenvalue weighted by atomic mass is 9.96. The SMILES string of the molecule is CC(=O)SCC(Cc1ccc(-c2ccccc2)cc1)C(=O)N[C@@H](Cc1c[nH]c2ccccc12)C(=O)O. The molecule has 0 aliphatic rings. The largest absolute Gasteiger partial charge is 0.480 e. The lowest BCUT2D eigenvalue weighted by molar-refractivity contribution is -0.142. The predicted octanol–water partition coefficient (Wildman–Crippen LogP) is 5.09. The van der Waals surface area contributed by atoms with E-state index in [1.807, 2.05) is 78.9 Å². The predicted molar refractivity (Wildman–Crippen MR) is 144 cm³/mol. The van der Waals surface area contributed by atoms with Crippen LogP contribution in [0.15, 0.2) is 85.1 Å². The van der Waals surface area contributed by atoms with Crippen LogP contribution in [0.4, 0.5) is 0 Å². The number of rotatable bonds is 10. The Hall–Kier alpha value is -3.84. The highest BCUT2D eigenvalue weighted by atomic mass is 32.2. The van der Waals surface area contributed by atoms with Crippen LogP contribution in [0.25, 0.3) is 22.0 Å². The Bertz CT molecular complexity index is 1350. The number of carboxylic acids is 1. The third kappa shape index (κ3) is 6.43. The summed E-state index contributed by atoms with van der Waals surface area (Å²) in [6, 6.07) is 24.5. The zero-order valence-corrected chi connectivity index (χ0v) is 20.8. The van der Waals surface area contributed by atoms with Gasteiger partial charge in [0.15, 0.2) is 5.12 Å². The average molecular weight is 501 g/mol. The molecule has 7 heteroatoms. The van der Waals surface area contributed by atoms with Gasteiger partial charge in [0.2, 0.25) is 5.91 Å². The van der Waals surface area contributed by atoms with Crippen molar-refractivity contribution in [3.63, 3.8) is 0 Å². The van der Waals surface area contributed by atoms with E-state index in [-0.39, 0.29) is 23.2 Å². The Morgan fingerprint density at radius 1 is 0.889 bits per heavy atom. The lowest BCUT2D eigenvalue weighted by Crippen LogP contribution is -2.46. The van der Waals surface area contributed by atoms with Crippen molar-refractivity contribution in [1.29, 1.82) is 0 Å². The molecule has 0 saturated heterocycles. The maximum Gasteiger partial charge on any atom is 0.326 e. The Morgan fingerprint density at radius 2 is 1.56 bits per heavy atom. The molecule has 1 amide bonds. The number of hydrogen-bond acceptors (Lipinski definition) is 4. The molecule has 2 atom stereocenters. The van der Waals surface area contributed by atoms with Gasteiger partial charge in [0, 0.05) is 36.2 Å². The Kier molecular flexibility index (Phi) is 8.23. The molecule has 4 rings (SSSR count). The fourth-order valence-electron chi connectivity index (χ4n) is 4.20. The van der Waals surface area contributed by atoms with Gasteiger partial charge >= 0.3 is 5.97 Å². The van der Waals surface area contributed by atoms with Crippen LogP contribution in [-0.4, -0.2) is 38.9 Å². The van der Waals surface area contributed by atoms with Crippen LogP contribution in [0.3, 0.4) is 0 Å². The molecule has 4 aromatic rings. The number of aromatic nitrogens is 1. The van der Waals surface area contributed by atoms with Crippen LogP contribution >= 0.6 is 11.8 Å². The molecule has 36 heavy (non-hydrogen) atoms. The smallest absolute Gasteiger partial charge is 0.326 e. The van der Waals surface area contributed by atoms with Gasteiger partial charge in [0.05, 0.1) is 5.92 Å². The molecule has 0 saturated carbocycles. The van der Waals surface area contributed by atoms with Gasteiger partial charge in [-0.15, -0.1) is 0 Å². The number of aliphatic carboxylic acids is 1. The van der Waals surface area contributed by atoms with E-state index in [0.29, 0.717) is 6.42 Å². The number of H-pyrrole nitrogens is 1. The molecule has 1 aromatic heterocycles. The number of hydrogen-bond donors (Lipinski definition) is 3. The highest BCUT2D eigenvalue weighted by molar-refractivity contribution is 8.13. The standard InChI is InChI=1S/C29H28N2O4S/c1-19(32)36-18-24(15-20-11-13-22(14-12-20)21-7-3-2-4-8-21)28(33)31-27(29(34)35)16-23-17-30-26-10-6-5-9-25(23)26/h2-14,17,24,27,30H,15-16,18H2,1H3,(H,31,33)(H,34,35)/t24?,27-/m0/s1. The van der Waals surface area contributed by atoms with E-state index in [2.05, 4.69) is 10.3 Å². The molecule has 0 fully saturated rings. The minimum absolute atomic E-state index is 0.0826. The molecule has 184 valence electrons. The van der Waals surface area contributed by atoms with Gasteiger partial charge in [-0.2, -0.15) is 0 Å². The van der Waals surface area contributed by atoms with Gasteiger partial charge in [-0.25, -0.2) is 4.79 Å². The van der Waals surface area contributed by atoms with Crippen molar-refractivity contribution in [2.24, 2.45) is 5.92 Å². The number of fused-ring (bicyclic) bond motifs is 1. The molecule has 1 heterocycles. The molecule has 6 nitrogen and oxygen atoms in total. The van der Waals surface area contributed by atoms with E-state index in [9.17, 15) is 19.5 Å². The first-order valence-corrected chi connectivity index (χ1v) is 12.7. The van der Waals surface area contributed by atoms with Gasteiger partial charge < -0.3 is 15.4 Å². The van der Waals surface area contributed by atoms with Crippen LogP contribution in [0.2, 0.25) is 0 Å². The topological polar surface area (TPSA) is 99.3 Å². The quantitative estimate of drug-likeness (QED) is 0.282. The molecule has 0 radical (unpaired) electrons. The van der Waals surface area contributed by atoms with Crippen molar-refractivity contribution in [2.75, 3.05) is 5.75 Å². The summed E-state index contributed by atoms with van der Waals surface area (Å²) in [5.41, 5.74) is 4.86. The Balaban J connectivity index is 1.48. The summed E-state index contributed by atoms with van der Waals surface area (Å²) in [7, 11) is 0. The van der Waals surface area contributed by atoms with Crippen LogP contribution < -0.4 is 5.32 Å². The first-order chi connectivity index (χ1) is 17.4. The van der Waals surface area contributed by atoms with E-state index in [4.69, 9.17) is 0 Å². The monoisotopic (exact) mass is 500 g/mol. The molecule has 0 bridgehead atoms. The van der Waals surface area contributed by atoms with Gasteiger partial charge in [-0.05, 0) is 34.7 Å². The molecular formula is C29H28N2O4S. The summed E-state index contributed by atoms with van der Waals surface area (Å²) in [4.78, 5) is 40.0. The van der Waals surface area contributed by atoms with E-state index >= 15 is 0 Å². The minimum Gasteiger partial charge on any atom is -0.480 e. The van der Waals surface area contributed by atoms with Crippen LogP contribution in [-0.2, 0) is 27.2 Å². The van der Waals surface area contributed by atoms with Crippen molar-refractivity contribution in [3.8, 4) is 11.1 Å². The van der Waals surface area contributed by atoms with Crippen molar-refractivity contribution in [1.82, 2.24) is 10.3 Å². The number of benzene rings is 3. The molecule has 3 N–H and O–H groups in total. The summed E-state index contributed by atoms with van der Waals surface area (Å²) in [5, 5.41) is 13.4. The van der Waals surface area contributed by atoms with Gasteiger partial charge in [-0.1, -0.05) is 84.6 Å². The first-order valence-electron chi connectivity index (χ1n) is 11.8. The van der Waals surface area contributed by atoms with E-state index in [1.165, 1.54) is 6.92 Å². The number of amides is 1. The fourth-order valence-corrected chi connectivity index (χ4v) is 4.91. The highest BCUT2D eigenvalue weighted by Gasteiger charge is 2.27. The summed E-state index contributed by atoms with van der Waals surface area (Å²) in [6.45, 7) is 1.46. The van der Waals surface area contributed by atoms with Crippen molar-refractivity contribution in [2.45, 2.75) is 25.8 Å². The summed E-state index contributed by atoms with van der Waals surface area (Å²) in [5.74, 6) is -1.74. The van der Waals surface area contributed by atoms with Gasteiger partial charge in [0.1, 0.15) is 6.04 Å². The number of thioether (sulfide) groups is 1. The van der Waals surface area contributed by atoms with E-state index in [0.717, 1.165) is 44.9 Å². The fraction of sp³-hybridized carbons (Fsp3) is 0.207. The molecule has 1 unspecified atom stereocenters. The maximum absolute atomic E-state index is 13.2. The highest BCUT2D eigenvalue weighted by Crippen LogP contribution is 2.23. The lowest BCUT2D eigenvalue weighted by Gasteiger charge is -2.20. The van der Waals surface area contributed by atoms with Gasteiger partial charge in [-0.3, -0.25) is 9.59 Å². The Morgan fingerprint density at radius 3 is 2.25 bits per heavy atom. The number of carbonyl (C=O) groups excluding carboxylic acids is 2. The molecule has 0 aliphatic carbocycles. The van der Waals surface area contributed by atoms with Crippen LogP contribution in [0.1, 0.15) is 18.1 Å². The van der Waals surface area contributed by atoms with Crippen LogP contribution in [0, 0.1) is 5.92 Å². The average Bonchev–Trinajstić information content (AvgIpc) is 3.29. The molecular weight excluding hydrogens is 472 g/mol. The van der Waals surface area contributed by atoms with Crippen molar-refractivity contribution < 1.29 is 19.5 Å². The molecule has 0 spiro atoms. The third-order valence-corrected chi connectivity index (χ3v) is 7.09. The van der Waals surface area contributed by atoms with Crippen molar-refractivity contribution >= 4 is 39.7 Å². The second-order valence-electron chi connectivity index (χ2n) is 8.73. The molecule has 3 aromatic carbocycles. The number of carbonyl (C=O) groups is 3. The third-order valence-electron chi connectivity index (χ3n) is 6.12. The van der Waals surface area contributed by atoms with Crippen molar-refractivity contribution in [3.05, 3.63) is 96.2 Å². The number of nitrogens with one attached hydrogen (secondary N) is 2. The van der Waals surface area contributed by atoms with Crippen LogP contribution in [0.5, 0.6) is 0 Å². The number of para-hydroxylation sites is 1.